The van der Waals surface area contributed by atoms with Crippen LogP contribution in [0.2, 0.25) is 0 Å². The first-order valence-corrected chi connectivity index (χ1v) is 9.19. The molecule has 2 unspecified atom stereocenters. The van der Waals surface area contributed by atoms with Crippen LogP contribution in [0.4, 0.5) is 0 Å². The second kappa shape index (κ2) is 6.56. The van der Waals surface area contributed by atoms with Crippen LogP contribution < -0.4 is 10.5 Å². The zero-order valence-corrected chi connectivity index (χ0v) is 14.6. The number of ether oxygens (including phenoxy) is 1. The number of rotatable bonds is 5. The maximum Gasteiger partial charge on any atom is 0.243 e. The van der Waals surface area contributed by atoms with E-state index in [0.717, 1.165) is 17.7 Å². The summed E-state index contributed by atoms with van der Waals surface area (Å²) in [6, 6.07) is 5.05. The van der Waals surface area contributed by atoms with Gasteiger partial charge in [-0.05, 0) is 70.3 Å². The molecule has 1 aromatic carbocycles. The Morgan fingerprint density at radius 3 is 2.59 bits per heavy atom. The summed E-state index contributed by atoms with van der Waals surface area (Å²) < 4.78 is 32.9. The summed E-state index contributed by atoms with van der Waals surface area (Å²) in [5.41, 5.74) is 6.52. The lowest BCUT2D eigenvalue weighted by atomic mass is 10.1. The van der Waals surface area contributed by atoms with Crippen LogP contribution in [0.25, 0.3) is 0 Å². The normalized spacial score (nSPS) is 23.2. The highest BCUT2D eigenvalue weighted by atomic mass is 32.2. The highest BCUT2D eigenvalue weighted by molar-refractivity contribution is 7.89. The van der Waals surface area contributed by atoms with Gasteiger partial charge in [0.05, 0.1) is 11.0 Å². The monoisotopic (exact) mass is 326 g/mol. The van der Waals surface area contributed by atoms with Gasteiger partial charge in [0.25, 0.3) is 0 Å². The number of benzene rings is 1. The zero-order chi connectivity index (χ0) is 16.5. The molecule has 1 aliphatic rings. The third kappa shape index (κ3) is 3.45. The molecule has 1 aromatic rings. The molecule has 0 aliphatic carbocycles. The molecule has 1 fully saturated rings. The van der Waals surface area contributed by atoms with E-state index in [0.29, 0.717) is 18.0 Å². The van der Waals surface area contributed by atoms with Crippen LogP contribution in [0.1, 0.15) is 32.8 Å². The Balaban J connectivity index is 2.28. The van der Waals surface area contributed by atoms with Crippen molar-refractivity contribution in [3.05, 3.63) is 23.8 Å². The van der Waals surface area contributed by atoms with Gasteiger partial charge in [-0.15, -0.1) is 0 Å². The first-order valence-electron chi connectivity index (χ1n) is 7.75. The van der Waals surface area contributed by atoms with Crippen molar-refractivity contribution in [2.24, 2.45) is 11.7 Å². The van der Waals surface area contributed by atoms with Crippen LogP contribution in [-0.4, -0.2) is 38.0 Å². The molecule has 1 heterocycles. The van der Waals surface area contributed by atoms with Gasteiger partial charge in [-0.2, -0.15) is 4.31 Å². The van der Waals surface area contributed by atoms with Gasteiger partial charge in [-0.25, -0.2) is 8.42 Å². The molecule has 124 valence electrons. The average Bonchev–Trinajstić information content (AvgIpc) is 2.82. The SMILES string of the molecule is Cc1cc(S(=O)(=O)N2CC(CN)CC2C)ccc1OC(C)C. The Bertz CT molecular complexity index is 628. The number of sulfonamides is 1. The van der Waals surface area contributed by atoms with Crippen molar-refractivity contribution in [3.63, 3.8) is 0 Å². The molecule has 0 radical (unpaired) electrons. The number of hydrogen-bond acceptors (Lipinski definition) is 4. The van der Waals surface area contributed by atoms with Crippen molar-refractivity contribution in [1.29, 1.82) is 0 Å². The molecule has 1 saturated heterocycles. The van der Waals surface area contributed by atoms with Crippen LogP contribution in [0.3, 0.4) is 0 Å². The molecule has 6 heteroatoms. The number of hydrogen-bond donors (Lipinski definition) is 1. The standard InChI is InChI=1S/C16H26N2O3S/c1-11(2)21-16-6-5-15(7-12(16)3)22(19,20)18-10-14(9-17)8-13(18)4/h5-7,11,13-14H,8-10,17H2,1-4H3. The Kier molecular flexibility index (Phi) is 5.14. The van der Waals surface area contributed by atoms with Crippen LogP contribution in [0.5, 0.6) is 5.75 Å². The number of nitrogens with zero attached hydrogens (tertiary/aromatic N) is 1. The van der Waals surface area contributed by atoms with Gasteiger partial charge in [0.15, 0.2) is 0 Å². The van der Waals surface area contributed by atoms with Crippen LogP contribution in [0, 0.1) is 12.8 Å². The van der Waals surface area contributed by atoms with Crippen molar-refractivity contribution in [2.45, 2.75) is 51.2 Å². The number of nitrogens with two attached hydrogens (primary N) is 1. The van der Waals surface area contributed by atoms with Crippen molar-refractivity contribution in [2.75, 3.05) is 13.1 Å². The molecule has 0 saturated carbocycles. The molecule has 0 aromatic heterocycles. The molecule has 2 N–H and O–H groups in total. The summed E-state index contributed by atoms with van der Waals surface area (Å²) >= 11 is 0. The molecule has 0 spiro atoms. The van der Waals surface area contributed by atoms with E-state index in [-0.39, 0.29) is 18.1 Å². The average molecular weight is 326 g/mol. The summed E-state index contributed by atoms with van der Waals surface area (Å²) in [6.45, 7) is 8.73. The predicted molar refractivity (Wildman–Crippen MR) is 87.5 cm³/mol. The summed E-state index contributed by atoms with van der Waals surface area (Å²) in [5, 5.41) is 0. The van der Waals surface area contributed by atoms with Gasteiger partial charge < -0.3 is 10.5 Å². The van der Waals surface area contributed by atoms with Gasteiger partial charge in [0.2, 0.25) is 10.0 Å². The number of aryl methyl sites for hydroxylation is 1. The van der Waals surface area contributed by atoms with Crippen LogP contribution >= 0.6 is 0 Å². The van der Waals surface area contributed by atoms with Crippen LogP contribution in [0.15, 0.2) is 23.1 Å². The largest absolute Gasteiger partial charge is 0.491 e. The highest BCUT2D eigenvalue weighted by Crippen LogP contribution is 2.31. The van der Waals surface area contributed by atoms with E-state index in [1.807, 2.05) is 27.7 Å². The first-order chi connectivity index (χ1) is 10.3. The maximum atomic E-state index is 12.8. The molecule has 2 rings (SSSR count). The lowest BCUT2D eigenvalue weighted by Gasteiger charge is -2.22. The minimum atomic E-state index is -3.48. The smallest absolute Gasteiger partial charge is 0.243 e. The van der Waals surface area contributed by atoms with Crippen molar-refractivity contribution in [1.82, 2.24) is 4.31 Å². The van der Waals surface area contributed by atoms with E-state index >= 15 is 0 Å². The van der Waals surface area contributed by atoms with Crippen molar-refractivity contribution < 1.29 is 13.2 Å². The van der Waals surface area contributed by atoms with Crippen molar-refractivity contribution in [3.8, 4) is 5.75 Å². The van der Waals surface area contributed by atoms with Crippen LogP contribution in [-0.2, 0) is 10.0 Å². The Labute approximate surface area is 133 Å². The zero-order valence-electron chi connectivity index (χ0n) is 13.7. The summed E-state index contributed by atoms with van der Waals surface area (Å²) in [5.74, 6) is 0.970. The lowest BCUT2D eigenvalue weighted by molar-refractivity contribution is 0.240. The Morgan fingerprint density at radius 1 is 1.41 bits per heavy atom. The molecule has 2 atom stereocenters. The van der Waals surface area contributed by atoms with E-state index in [1.165, 1.54) is 0 Å². The fourth-order valence-corrected chi connectivity index (χ4v) is 4.72. The van der Waals surface area contributed by atoms with E-state index in [2.05, 4.69) is 0 Å². The van der Waals surface area contributed by atoms with Gasteiger partial charge >= 0.3 is 0 Å². The van der Waals surface area contributed by atoms with E-state index in [4.69, 9.17) is 10.5 Å². The summed E-state index contributed by atoms with van der Waals surface area (Å²) in [7, 11) is -3.48. The predicted octanol–water partition coefficient (Wildman–Crippen LogP) is 2.14. The minimum absolute atomic E-state index is 0.00885. The second-order valence-corrected chi connectivity index (χ2v) is 8.25. The van der Waals surface area contributed by atoms with E-state index < -0.39 is 10.0 Å². The first kappa shape index (κ1) is 17.2. The van der Waals surface area contributed by atoms with E-state index in [1.54, 1.807) is 22.5 Å². The fraction of sp³-hybridized carbons (Fsp3) is 0.625. The fourth-order valence-electron chi connectivity index (χ4n) is 2.92. The second-order valence-electron chi connectivity index (χ2n) is 6.36. The molecule has 1 aliphatic heterocycles. The van der Waals surface area contributed by atoms with Gasteiger partial charge in [0, 0.05) is 12.6 Å². The molecular weight excluding hydrogens is 300 g/mol. The third-order valence-electron chi connectivity index (χ3n) is 4.05. The van der Waals surface area contributed by atoms with Gasteiger partial charge in [0.1, 0.15) is 5.75 Å². The lowest BCUT2D eigenvalue weighted by Crippen LogP contribution is -2.34. The summed E-state index contributed by atoms with van der Waals surface area (Å²) in [4.78, 5) is 0.325. The highest BCUT2D eigenvalue weighted by Gasteiger charge is 2.37. The summed E-state index contributed by atoms with van der Waals surface area (Å²) in [6.07, 6.45) is 0.883. The Morgan fingerprint density at radius 2 is 2.09 bits per heavy atom. The van der Waals surface area contributed by atoms with Gasteiger partial charge in [-0.1, -0.05) is 0 Å². The van der Waals surface area contributed by atoms with Crippen molar-refractivity contribution >= 4 is 10.0 Å². The maximum absolute atomic E-state index is 12.8. The van der Waals surface area contributed by atoms with Gasteiger partial charge in [-0.3, -0.25) is 0 Å². The molecular formula is C16H26N2O3S. The third-order valence-corrected chi connectivity index (χ3v) is 6.03. The molecule has 0 bridgehead atoms. The molecule has 5 nitrogen and oxygen atoms in total. The molecule has 22 heavy (non-hydrogen) atoms. The minimum Gasteiger partial charge on any atom is -0.491 e. The topological polar surface area (TPSA) is 72.6 Å². The van der Waals surface area contributed by atoms with E-state index in [9.17, 15) is 8.42 Å². The Hall–Kier alpha value is -1.11. The molecule has 0 amide bonds. The quantitative estimate of drug-likeness (QED) is 0.900.